The van der Waals surface area contributed by atoms with E-state index in [0.717, 1.165) is 22.4 Å². The van der Waals surface area contributed by atoms with Crippen LogP contribution in [-0.4, -0.2) is 13.0 Å². The summed E-state index contributed by atoms with van der Waals surface area (Å²) in [4.78, 5) is 10.8. The molecule has 0 aliphatic rings. The fraction of sp³-hybridized carbons (Fsp3) is 0.364. The maximum atomic E-state index is 10.8. The van der Waals surface area contributed by atoms with Gasteiger partial charge in [-0.15, -0.1) is 0 Å². The van der Waals surface area contributed by atoms with Crippen LogP contribution in [0.25, 0.3) is 0 Å². The number of hydrogen-bond donors (Lipinski definition) is 1. The maximum Gasteiger partial charge on any atom is 0.221 e. The van der Waals surface area contributed by atoms with E-state index < -0.39 is 0 Å². The third-order valence-corrected chi connectivity index (χ3v) is 2.26. The van der Waals surface area contributed by atoms with Crippen molar-refractivity contribution >= 4 is 5.91 Å². The van der Waals surface area contributed by atoms with Gasteiger partial charge in [0, 0.05) is 5.56 Å². The predicted octanol–water partition coefficient (Wildman–Crippen LogP) is 1.34. The van der Waals surface area contributed by atoms with Crippen LogP contribution in [0.2, 0.25) is 0 Å². The number of rotatable bonds is 3. The van der Waals surface area contributed by atoms with Gasteiger partial charge in [-0.05, 0) is 31.0 Å². The summed E-state index contributed by atoms with van der Waals surface area (Å²) < 4.78 is 5.17. The highest BCUT2D eigenvalue weighted by atomic mass is 16.5. The SMILES string of the molecule is COc1cc(C)c(C)cc1CC(N)=O. The van der Waals surface area contributed by atoms with Crippen molar-refractivity contribution in [1.29, 1.82) is 0 Å². The van der Waals surface area contributed by atoms with Crippen LogP contribution in [0.1, 0.15) is 16.7 Å². The Morgan fingerprint density at radius 3 is 2.43 bits per heavy atom. The van der Waals surface area contributed by atoms with Gasteiger partial charge in [0.2, 0.25) is 5.91 Å². The minimum atomic E-state index is -0.341. The molecule has 0 saturated carbocycles. The first-order valence-electron chi connectivity index (χ1n) is 4.47. The molecule has 0 bridgehead atoms. The van der Waals surface area contributed by atoms with Gasteiger partial charge in [0.15, 0.2) is 0 Å². The minimum absolute atomic E-state index is 0.226. The first-order chi connectivity index (χ1) is 6.54. The van der Waals surface area contributed by atoms with Crippen molar-refractivity contribution in [3.8, 4) is 5.75 Å². The first-order valence-corrected chi connectivity index (χ1v) is 4.47. The van der Waals surface area contributed by atoms with Crippen molar-refractivity contribution in [2.75, 3.05) is 7.11 Å². The average molecular weight is 193 g/mol. The molecule has 0 aliphatic carbocycles. The zero-order valence-electron chi connectivity index (χ0n) is 8.76. The molecule has 1 rings (SSSR count). The smallest absolute Gasteiger partial charge is 0.221 e. The highest BCUT2D eigenvalue weighted by Gasteiger charge is 2.07. The van der Waals surface area contributed by atoms with Gasteiger partial charge >= 0.3 is 0 Å². The summed E-state index contributed by atoms with van der Waals surface area (Å²) in [6.45, 7) is 4.01. The predicted molar refractivity (Wildman–Crippen MR) is 55.4 cm³/mol. The zero-order valence-corrected chi connectivity index (χ0v) is 8.76. The molecule has 2 N–H and O–H groups in total. The number of benzene rings is 1. The standard InChI is InChI=1S/C11H15NO2/c1-7-4-9(6-11(12)13)10(14-3)5-8(7)2/h4-5H,6H2,1-3H3,(H2,12,13). The Bertz CT molecular complexity index is 359. The normalized spacial score (nSPS) is 9.93. The Labute approximate surface area is 83.9 Å². The average Bonchev–Trinajstić information content (AvgIpc) is 2.10. The monoisotopic (exact) mass is 193 g/mol. The molecule has 0 unspecified atom stereocenters. The zero-order chi connectivity index (χ0) is 10.7. The Hall–Kier alpha value is -1.51. The van der Waals surface area contributed by atoms with E-state index in [4.69, 9.17) is 10.5 Å². The van der Waals surface area contributed by atoms with E-state index in [1.807, 2.05) is 26.0 Å². The van der Waals surface area contributed by atoms with Gasteiger partial charge in [-0.2, -0.15) is 0 Å². The van der Waals surface area contributed by atoms with Gasteiger partial charge in [0.05, 0.1) is 13.5 Å². The number of ether oxygens (including phenoxy) is 1. The van der Waals surface area contributed by atoms with Crippen molar-refractivity contribution in [1.82, 2.24) is 0 Å². The number of primary amides is 1. The Morgan fingerprint density at radius 2 is 1.93 bits per heavy atom. The van der Waals surface area contributed by atoms with E-state index in [9.17, 15) is 4.79 Å². The summed E-state index contributed by atoms with van der Waals surface area (Å²) in [5.41, 5.74) is 8.28. The van der Waals surface area contributed by atoms with Crippen molar-refractivity contribution in [3.05, 3.63) is 28.8 Å². The van der Waals surface area contributed by atoms with Crippen LogP contribution in [0.4, 0.5) is 0 Å². The molecule has 0 atom stereocenters. The lowest BCUT2D eigenvalue weighted by Gasteiger charge is -2.10. The molecule has 3 heteroatoms. The number of aryl methyl sites for hydroxylation is 2. The second-order valence-corrected chi connectivity index (χ2v) is 3.39. The molecule has 0 fully saturated rings. The summed E-state index contributed by atoms with van der Waals surface area (Å²) in [5, 5.41) is 0. The Morgan fingerprint density at radius 1 is 1.36 bits per heavy atom. The number of methoxy groups -OCH3 is 1. The third kappa shape index (κ3) is 2.25. The molecule has 14 heavy (non-hydrogen) atoms. The molecule has 0 spiro atoms. The lowest BCUT2D eigenvalue weighted by Crippen LogP contribution is -2.14. The molecule has 1 aromatic rings. The minimum Gasteiger partial charge on any atom is -0.496 e. The summed E-state index contributed by atoms with van der Waals surface area (Å²) in [7, 11) is 1.59. The molecule has 1 aromatic carbocycles. The van der Waals surface area contributed by atoms with Crippen LogP contribution in [-0.2, 0) is 11.2 Å². The molecular weight excluding hydrogens is 178 g/mol. The molecule has 3 nitrogen and oxygen atoms in total. The molecule has 1 amide bonds. The molecule has 0 heterocycles. The van der Waals surface area contributed by atoms with Crippen molar-refractivity contribution < 1.29 is 9.53 Å². The van der Waals surface area contributed by atoms with Crippen molar-refractivity contribution in [3.63, 3.8) is 0 Å². The van der Waals surface area contributed by atoms with Gasteiger partial charge < -0.3 is 10.5 Å². The van der Waals surface area contributed by atoms with Gasteiger partial charge in [-0.25, -0.2) is 0 Å². The van der Waals surface area contributed by atoms with Crippen LogP contribution in [0, 0.1) is 13.8 Å². The number of carbonyl (C=O) groups excluding carboxylic acids is 1. The highest BCUT2D eigenvalue weighted by Crippen LogP contribution is 2.23. The number of carbonyl (C=O) groups is 1. The summed E-state index contributed by atoms with van der Waals surface area (Å²) in [6, 6.07) is 3.87. The first kappa shape index (κ1) is 10.6. The Balaban J connectivity index is 3.13. The second-order valence-electron chi connectivity index (χ2n) is 3.39. The second kappa shape index (κ2) is 4.13. The highest BCUT2D eigenvalue weighted by molar-refractivity contribution is 5.77. The molecule has 0 aliphatic heterocycles. The number of nitrogens with two attached hydrogens (primary N) is 1. The van der Waals surface area contributed by atoms with Crippen molar-refractivity contribution in [2.45, 2.75) is 20.3 Å². The van der Waals surface area contributed by atoms with E-state index in [0.29, 0.717) is 0 Å². The van der Waals surface area contributed by atoms with E-state index in [1.54, 1.807) is 7.11 Å². The van der Waals surface area contributed by atoms with Gasteiger partial charge in [0.1, 0.15) is 5.75 Å². The summed E-state index contributed by atoms with van der Waals surface area (Å²) in [6.07, 6.45) is 0.226. The summed E-state index contributed by atoms with van der Waals surface area (Å²) in [5.74, 6) is 0.387. The largest absolute Gasteiger partial charge is 0.496 e. The Kier molecular flexibility index (Phi) is 3.12. The quantitative estimate of drug-likeness (QED) is 0.787. The maximum absolute atomic E-state index is 10.8. The van der Waals surface area contributed by atoms with E-state index in [2.05, 4.69) is 0 Å². The van der Waals surface area contributed by atoms with Crippen LogP contribution in [0.15, 0.2) is 12.1 Å². The van der Waals surface area contributed by atoms with Gasteiger partial charge in [-0.3, -0.25) is 4.79 Å². The van der Waals surface area contributed by atoms with Crippen molar-refractivity contribution in [2.24, 2.45) is 5.73 Å². The van der Waals surface area contributed by atoms with E-state index in [1.165, 1.54) is 0 Å². The number of amides is 1. The topological polar surface area (TPSA) is 52.3 Å². The van der Waals surface area contributed by atoms with Crippen LogP contribution in [0.5, 0.6) is 5.75 Å². The molecule has 0 radical (unpaired) electrons. The van der Waals surface area contributed by atoms with Crippen LogP contribution >= 0.6 is 0 Å². The summed E-state index contributed by atoms with van der Waals surface area (Å²) >= 11 is 0. The van der Waals surface area contributed by atoms with Gasteiger partial charge in [-0.1, -0.05) is 6.07 Å². The van der Waals surface area contributed by atoms with Crippen LogP contribution < -0.4 is 10.5 Å². The molecule has 76 valence electrons. The van der Waals surface area contributed by atoms with E-state index in [-0.39, 0.29) is 12.3 Å². The van der Waals surface area contributed by atoms with E-state index >= 15 is 0 Å². The fourth-order valence-corrected chi connectivity index (χ4v) is 1.37. The third-order valence-electron chi connectivity index (χ3n) is 2.26. The molecule has 0 aromatic heterocycles. The number of hydrogen-bond acceptors (Lipinski definition) is 2. The van der Waals surface area contributed by atoms with Gasteiger partial charge in [0.25, 0.3) is 0 Å². The molecular formula is C11H15NO2. The lowest BCUT2D eigenvalue weighted by atomic mass is 10.0. The van der Waals surface area contributed by atoms with Crippen LogP contribution in [0.3, 0.4) is 0 Å². The fourth-order valence-electron chi connectivity index (χ4n) is 1.37. The lowest BCUT2D eigenvalue weighted by molar-refractivity contribution is -0.117. The molecule has 0 saturated heterocycles.